The highest BCUT2D eigenvalue weighted by molar-refractivity contribution is 7.99. The maximum absolute atomic E-state index is 12.4. The summed E-state index contributed by atoms with van der Waals surface area (Å²) < 4.78 is 7.62. The Labute approximate surface area is 212 Å². The number of amides is 1. The SMILES string of the molecule is CCCCSc1nc2n(n1)C(c1ccc(OCc3ccc(Cl)cc3Cl)cc1)C(C(N)=O)=C(C)N2. The normalized spacial score (nSPS) is 15.1. The molecule has 1 aromatic heterocycles. The highest BCUT2D eigenvalue weighted by atomic mass is 35.5. The van der Waals surface area contributed by atoms with E-state index < -0.39 is 11.9 Å². The van der Waals surface area contributed by atoms with Gasteiger partial charge in [-0.3, -0.25) is 4.79 Å². The standard InChI is InChI=1S/C24H25Cl2N5O2S/c1-3-4-11-34-24-29-23-28-14(2)20(22(27)32)21(31(23)30-24)15-6-9-18(10-7-15)33-13-16-5-8-17(25)12-19(16)26/h5-10,12,21H,3-4,11,13H2,1-2H3,(H2,27,32)(H,28,29,30). The van der Waals surface area contributed by atoms with Crippen molar-refractivity contribution in [2.24, 2.45) is 5.73 Å². The predicted molar refractivity (Wildman–Crippen MR) is 137 cm³/mol. The molecule has 1 unspecified atom stereocenters. The van der Waals surface area contributed by atoms with Crippen molar-refractivity contribution in [2.45, 2.75) is 44.5 Å². The third-order valence-corrected chi connectivity index (χ3v) is 6.94. The number of primary amides is 1. The highest BCUT2D eigenvalue weighted by Crippen LogP contribution is 2.36. The van der Waals surface area contributed by atoms with Crippen molar-refractivity contribution in [3.05, 3.63) is 74.9 Å². The zero-order valence-corrected chi connectivity index (χ0v) is 21.2. The van der Waals surface area contributed by atoms with Crippen LogP contribution in [0.2, 0.25) is 10.0 Å². The molecule has 7 nitrogen and oxygen atoms in total. The van der Waals surface area contributed by atoms with Gasteiger partial charge in [-0.25, -0.2) is 4.68 Å². The summed E-state index contributed by atoms with van der Waals surface area (Å²) in [7, 11) is 0. The third-order valence-electron chi connectivity index (χ3n) is 5.43. The minimum atomic E-state index is -0.506. The van der Waals surface area contributed by atoms with E-state index in [1.165, 1.54) is 0 Å². The fraction of sp³-hybridized carbons (Fsp3) is 0.292. The Morgan fingerprint density at radius 1 is 1.24 bits per heavy atom. The molecule has 0 bridgehead atoms. The highest BCUT2D eigenvalue weighted by Gasteiger charge is 2.33. The number of fused-ring (bicyclic) bond motifs is 1. The summed E-state index contributed by atoms with van der Waals surface area (Å²) in [6.45, 7) is 4.27. The largest absolute Gasteiger partial charge is 0.489 e. The lowest BCUT2D eigenvalue weighted by Gasteiger charge is -2.27. The van der Waals surface area contributed by atoms with Crippen molar-refractivity contribution in [3.8, 4) is 5.75 Å². The molecular formula is C24H25Cl2N5O2S. The van der Waals surface area contributed by atoms with Crippen molar-refractivity contribution in [2.75, 3.05) is 11.1 Å². The number of halogens is 2. The summed E-state index contributed by atoms with van der Waals surface area (Å²) in [4.78, 5) is 17.0. The lowest BCUT2D eigenvalue weighted by Crippen LogP contribution is -2.31. The van der Waals surface area contributed by atoms with Crippen LogP contribution in [0, 0.1) is 0 Å². The molecule has 1 amide bonds. The first-order chi connectivity index (χ1) is 16.4. The number of nitrogens with zero attached hydrogens (tertiary/aromatic N) is 3. The van der Waals surface area contributed by atoms with Gasteiger partial charge in [0.25, 0.3) is 0 Å². The fourth-order valence-corrected chi connectivity index (χ4v) is 5.05. The Morgan fingerprint density at radius 2 is 2.00 bits per heavy atom. The molecule has 0 saturated heterocycles. The van der Waals surface area contributed by atoms with Gasteiger partial charge in [-0.15, -0.1) is 5.10 Å². The number of ether oxygens (including phenoxy) is 1. The van der Waals surface area contributed by atoms with E-state index in [0.717, 1.165) is 29.7 Å². The number of rotatable bonds is 9. The fourth-order valence-electron chi connectivity index (χ4n) is 3.67. The molecule has 178 valence electrons. The minimum absolute atomic E-state index is 0.305. The lowest BCUT2D eigenvalue weighted by molar-refractivity contribution is -0.115. The van der Waals surface area contributed by atoms with Crippen LogP contribution in [0.1, 0.15) is 43.9 Å². The van der Waals surface area contributed by atoms with Crippen molar-refractivity contribution < 1.29 is 9.53 Å². The monoisotopic (exact) mass is 517 g/mol. The summed E-state index contributed by atoms with van der Waals surface area (Å²) in [5.41, 5.74) is 8.57. The number of anilines is 1. The van der Waals surface area contributed by atoms with Crippen LogP contribution in [0.25, 0.3) is 0 Å². The Bertz CT molecular complexity index is 1230. The third kappa shape index (κ3) is 5.35. The van der Waals surface area contributed by atoms with Gasteiger partial charge in [-0.1, -0.05) is 66.5 Å². The van der Waals surface area contributed by atoms with Gasteiger partial charge < -0.3 is 15.8 Å². The summed E-state index contributed by atoms with van der Waals surface area (Å²) in [5, 5.41) is 9.63. The Kier molecular flexibility index (Phi) is 7.70. The van der Waals surface area contributed by atoms with Gasteiger partial charge >= 0.3 is 0 Å². The average Bonchev–Trinajstić information content (AvgIpc) is 3.20. The Balaban J connectivity index is 1.58. The lowest BCUT2D eigenvalue weighted by atomic mass is 9.95. The number of carbonyl (C=O) groups is 1. The van der Waals surface area contributed by atoms with Gasteiger partial charge in [0.2, 0.25) is 17.0 Å². The Hall–Kier alpha value is -2.68. The van der Waals surface area contributed by atoms with Gasteiger partial charge in [0.05, 0.1) is 5.57 Å². The molecule has 1 aliphatic heterocycles. The van der Waals surface area contributed by atoms with Crippen molar-refractivity contribution in [3.63, 3.8) is 0 Å². The second kappa shape index (κ2) is 10.7. The molecule has 34 heavy (non-hydrogen) atoms. The topological polar surface area (TPSA) is 95.1 Å². The number of nitrogens with one attached hydrogen (secondary N) is 1. The van der Waals surface area contributed by atoms with E-state index in [2.05, 4.69) is 22.3 Å². The smallest absolute Gasteiger partial charge is 0.248 e. The molecular weight excluding hydrogens is 493 g/mol. The second-order valence-electron chi connectivity index (χ2n) is 7.89. The molecule has 3 N–H and O–H groups in total. The van der Waals surface area contributed by atoms with Crippen LogP contribution in [-0.4, -0.2) is 26.4 Å². The number of nitrogens with two attached hydrogens (primary N) is 1. The number of hydrogen-bond acceptors (Lipinski definition) is 6. The second-order valence-corrected chi connectivity index (χ2v) is 9.79. The van der Waals surface area contributed by atoms with Crippen LogP contribution in [0.3, 0.4) is 0 Å². The summed E-state index contributed by atoms with van der Waals surface area (Å²) in [6, 6.07) is 12.3. The first-order valence-electron chi connectivity index (χ1n) is 10.9. The van der Waals surface area contributed by atoms with Gasteiger partial charge in [-0.2, -0.15) is 4.98 Å². The zero-order chi connectivity index (χ0) is 24.2. The maximum Gasteiger partial charge on any atom is 0.248 e. The van der Waals surface area contributed by atoms with Gasteiger partial charge in [0, 0.05) is 27.1 Å². The molecule has 10 heteroatoms. The summed E-state index contributed by atoms with van der Waals surface area (Å²) in [6.07, 6.45) is 2.18. The molecule has 4 rings (SSSR count). The predicted octanol–water partition coefficient (Wildman–Crippen LogP) is 5.83. The molecule has 2 heterocycles. The molecule has 0 radical (unpaired) electrons. The van der Waals surface area contributed by atoms with Crippen LogP contribution in [-0.2, 0) is 11.4 Å². The maximum atomic E-state index is 12.4. The summed E-state index contributed by atoms with van der Waals surface area (Å²) in [5.74, 6) is 1.68. The number of unbranched alkanes of at least 4 members (excludes halogenated alkanes) is 1. The first kappa shape index (κ1) is 24.4. The van der Waals surface area contributed by atoms with Crippen LogP contribution in [0.5, 0.6) is 5.75 Å². The molecule has 3 aromatic rings. The number of hydrogen-bond donors (Lipinski definition) is 2. The van der Waals surface area contributed by atoms with E-state index in [1.807, 2.05) is 37.3 Å². The van der Waals surface area contributed by atoms with Crippen LogP contribution in [0.4, 0.5) is 5.95 Å². The molecule has 0 aliphatic carbocycles. The average molecular weight is 518 g/mol. The molecule has 0 saturated carbocycles. The van der Waals surface area contributed by atoms with E-state index >= 15 is 0 Å². The number of allylic oxidation sites excluding steroid dienone is 1. The van der Waals surface area contributed by atoms with Gasteiger partial charge in [0.1, 0.15) is 18.4 Å². The molecule has 1 atom stereocenters. The van der Waals surface area contributed by atoms with Gasteiger partial charge in [-0.05, 0) is 43.2 Å². The molecule has 1 aliphatic rings. The van der Waals surface area contributed by atoms with Gasteiger partial charge in [0.15, 0.2) is 0 Å². The van der Waals surface area contributed by atoms with Crippen molar-refractivity contribution >= 4 is 46.8 Å². The molecule has 0 spiro atoms. The number of aromatic nitrogens is 3. The van der Waals surface area contributed by atoms with Crippen molar-refractivity contribution in [1.29, 1.82) is 0 Å². The molecule has 0 fully saturated rings. The van der Waals surface area contributed by atoms with E-state index in [0.29, 0.717) is 44.8 Å². The quantitative estimate of drug-likeness (QED) is 0.273. The molecule has 2 aromatic carbocycles. The number of benzene rings is 2. The van der Waals surface area contributed by atoms with E-state index in [-0.39, 0.29) is 0 Å². The van der Waals surface area contributed by atoms with Crippen LogP contribution < -0.4 is 15.8 Å². The van der Waals surface area contributed by atoms with Crippen LogP contribution in [0.15, 0.2) is 58.9 Å². The summed E-state index contributed by atoms with van der Waals surface area (Å²) >= 11 is 13.8. The number of thioether (sulfide) groups is 1. The van der Waals surface area contributed by atoms with E-state index in [4.69, 9.17) is 33.7 Å². The van der Waals surface area contributed by atoms with Crippen LogP contribution >= 0.6 is 35.0 Å². The Morgan fingerprint density at radius 3 is 2.68 bits per heavy atom. The van der Waals surface area contributed by atoms with E-state index in [1.54, 1.807) is 28.6 Å². The zero-order valence-electron chi connectivity index (χ0n) is 18.8. The van der Waals surface area contributed by atoms with Crippen molar-refractivity contribution in [1.82, 2.24) is 14.8 Å². The minimum Gasteiger partial charge on any atom is -0.489 e. The first-order valence-corrected chi connectivity index (χ1v) is 12.6. The van der Waals surface area contributed by atoms with E-state index in [9.17, 15) is 4.79 Å². The number of carbonyl (C=O) groups excluding carboxylic acids is 1.